The highest BCUT2D eigenvalue weighted by Crippen LogP contribution is 2.55. The summed E-state index contributed by atoms with van der Waals surface area (Å²) in [6.07, 6.45) is 4.40. The van der Waals surface area contributed by atoms with E-state index in [1.54, 1.807) is 14.2 Å². The molecule has 2 rings (SSSR count). The van der Waals surface area contributed by atoms with Crippen LogP contribution in [0.3, 0.4) is 0 Å². The Bertz CT molecular complexity index is 550. The van der Waals surface area contributed by atoms with Crippen LogP contribution < -0.4 is 5.32 Å². The van der Waals surface area contributed by atoms with Gasteiger partial charge in [0.15, 0.2) is 22.9 Å². The molecular formula is C26H56N2O4Si2. The normalized spacial score (nSPS) is 22.0. The van der Waals surface area contributed by atoms with E-state index in [0.717, 1.165) is 19.6 Å². The average Bonchev–Trinajstić information content (AvgIpc) is 3.66. The fourth-order valence-electron chi connectivity index (χ4n) is 5.83. The summed E-state index contributed by atoms with van der Waals surface area (Å²) in [4.78, 5) is 2.66. The summed E-state index contributed by atoms with van der Waals surface area (Å²) >= 11 is 0. The van der Waals surface area contributed by atoms with Gasteiger partial charge in [-0.25, -0.2) is 0 Å². The van der Waals surface area contributed by atoms with E-state index in [-0.39, 0.29) is 12.4 Å². The number of methoxy groups -OCH3 is 2. The van der Waals surface area contributed by atoms with Gasteiger partial charge in [0.1, 0.15) is 0 Å². The summed E-state index contributed by atoms with van der Waals surface area (Å²) in [7, 11) is 0.0776. The van der Waals surface area contributed by atoms with Crippen molar-refractivity contribution < 1.29 is 18.3 Å². The van der Waals surface area contributed by atoms with Crippen LogP contribution in [0.1, 0.15) is 60.8 Å². The van der Waals surface area contributed by atoms with Crippen LogP contribution >= 0.6 is 0 Å². The molecule has 1 saturated carbocycles. The first-order valence-electron chi connectivity index (χ1n) is 14.2. The Hall–Kier alpha value is 0.194. The number of hydrogen-bond acceptors (Lipinski definition) is 6. The molecule has 0 aromatic heterocycles. The zero-order valence-electron chi connectivity index (χ0n) is 23.7. The smallest absolute Gasteiger partial charge is 0.192 e. The summed E-state index contributed by atoms with van der Waals surface area (Å²) in [5.41, 5.74) is 0.474. The number of piperidine rings is 1. The van der Waals surface area contributed by atoms with E-state index in [4.69, 9.17) is 18.3 Å². The van der Waals surface area contributed by atoms with Crippen molar-refractivity contribution in [1.82, 2.24) is 10.2 Å². The monoisotopic (exact) mass is 516 g/mol. The second-order valence-electron chi connectivity index (χ2n) is 10.8. The van der Waals surface area contributed by atoms with Crippen LogP contribution in [-0.2, 0) is 18.3 Å². The van der Waals surface area contributed by atoms with E-state index >= 15 is 0 Å². The predicted octanol–water partition coefficient (Wildman–Crippen LogP) is 5.46. The quantitative estimate of drug-likeness (QED) is 0.193. The molecule has 2 fully saturated rings. The van der Waals surface area contributed by atoms with Crippen molar-refractivity contribution in [3.8, 4) is 0 Å². The molecule has 0 unspecified atom stereocenters. The SMILES string of the molecule is CC[Si](CC)(CC)O[C@@H](CNCC(OC)OC)CN1CCC2(CC2)[C@H](O[Si](CC)(CC)CC)C1. The van der Waals surface area contributed by atoms with Crippen molar-refractivity contribution in [2.75, 3.05) is 46.9 Å². The van der Waals surface area contributed by atoms with Crippen LogP contribution in [-0.4, -0.2) is 87.0 Å². The summed E-state index contributed by atoms with van der Waals surface area (Å²) in [5.74, 6) is 0. The van der Waals surface area contributed by atoms with Gasteiger partial charge in [0.2, 0.25) is 0 Å². The summed E-state index contributed by atoms with van der Waals surface area (Å²) < 4.78 is 24.9. The van der Waals surface area contributed by atoms with E-state index in [1.807, 2.05) is 0 Å². The lowest BCUT2D eigenvalue weighted by Gasteiger charge is -2.45. The Morgan fingerprint density at radius 2 is 1.38 bits per heavy atom. The van der Waals surface area contributed by atoms with Gasteiger partial charge < -0.3 is 23.6 Å². The second-order valence-corrected chi connectivity index (χ2v) is 20.2. The molecule has 1 spiro atoms. The molecule has 8 heteroatoms. The van der Waals surface area contributed by atoms with Gasteiger partial charge in [-0.15, -0.1) is 0 Å². The van der Waals surface area contributed by atoms with Gasteiger partial charge in [-0.2, -0.15) is 0 Å². The maximum atomic E-state index is 7.14. The maximum absolute atomic E-state index is 7.14. The van der Waals surface area contributed by atoms with Crippen LogP contribution in [0, 0.1) is 5.41 Å². The summed E-state index contributed by atoms with van der Waals surface area (Å²) in [6.45, 7) is 18.8. The number of rotatable bonds is 18. The first kappa shape index (κ1) is 30.4. The summed E-state index contributed by atoms with van der Waals surface area (Å²) in [6, 6.07) is 7.26. The molecule has 1 aliphatic carbocycles. The minimum absolute atomic E-state index is 0.195. The van der Waals surface area contributed by atoms with Gasteiger partial charge in [-0.1, -0.05) is 41.5 Å². The molecule has 0 radical (unpaired) electrons. The van der Waals surface area contributed by atoms with Crippen molar-refractivity contribution in [3.63, 3.8) is 0 Å². The lowest BCUT2D eigenvalue weighted by molar-refractivity contribution is -0.0995. The van der Waals surface area contributed by atoms with E-state index < -0.39 is 16.6 Å². The van der Waals surface area contributed by atoms with E-state index in [9.17, 15) is 0 Å². The van der Waals surface area contributed by atoms with E-state index in [1.165, 1.54) is 62.1 Å². The minimum atomic E-state index is -1.70. The van der Waals surface area contributed by atoms with Crippen molar-refractivity contribution in [3.05, 3.63) is 0 Å². The number of hydrogen-bond donors (Lipinski definition) is 1. The Balaban J connectivity index is 2.09. The maximum Gasteiger partial charge on any atom is 0.192 e. The number of ether oxygens (including phenoxy) is 2. The third-order valence-electron chi connectivity index (χ3n) is 9.27. The highest BCUT2D eigenvalue weighted by atomic mass is 28.4. The van der Waals surface area contributed by atoms with Gasteiger partial charge in [-0.05, 0) is 67.5 Å². The second kappa shape index (κ2) is 14.2. The molecule has 1 saturated heterocycles. The van der Waals surface area contributed by atoms with E-state index in [2.05, 4.69) is 51.8 Å². The van der Waals surface area contributed by atoms with Gasteiger partial charge >= 0.3 is 0 Å². The fraction of sp³-hybridized carbons (Fsp3) is 1.00. The third kappa shape index (κ3) is 7.84. The van der Waals surface area contributed by atoms with Crippen LogP contribution in [0.2, 0.25) is 36.3 Å². The largest absolute Gasteiger partial charge is 0.412 e. The standard InChI is InChI=1S/C26H56N2O4Si2/c1-9-33(10-2,11-3)31-23(19-27-20-25(29-7)30-8)21-28-18-17-26(15-16-26)24(22-28)32-34(12-4,13-5)14-6/h23-25,27H,9-22H2,1-8H3/t23-,24+/m0/s1. The molecule has 2 aliphatic rings. The zero-order chi connectivity index (χ0) is 25.2. The topological polar surface area (TPSA) is 52.2 Å². The van der Waals surface area contributed by atoms with Crippen LogP contribution in [0.4, 0.5) is 0 Å². The first-order valence-corrected chi connectivity index (χ1v) is 19.2. The molecular weight excluding hydrogens is 460 g/mol. The molecule has 1 heterocycles. The average molecular weight is 517 g/mol. The third-order valence-corrected chi connectivity index (χ3v) is 18.6. The molecule has 6 nitrogen and oxygen atoms in total. The highest BCUT2D eigenvalue weighted by Gasteiger charge is 2.54. The van der Waals surface area contributed by atoms with Crippen LogP contribution in [0.5, 0.6) is 0 Å². The molecule has 0 aromatic carbocycles. The van der Waals surface area contributed by atoms with Gasteiger partial charge in [-0.3, -0.25) is 4.90 Å². The fourth-order valence-corrected chi connectivity index (χ4v) is 11.6. The zero-order valence-corrected chi connectivity index (χ0v) is 25.7. The molecule has 0 aromatic rings. The number of likely N-dealkylation sites (tertiary alicyclic amines) is 1. The summed E-state index contributed by atoms with van der Waals surface area (Å²) in [5, 5.41) is 3.57. The van der Waals surface area contributed by atoms with Gasteiger partial charge in [0, 0.05) is 40.4 Å². The van der Waals surface area contributed by atoms with E-state index in [0.29, 0.717) is 18.1 Å². The van der Waals surface area contributed by atoms with Crippen molar-refractivity contribution in [2.45, 2.75) is 116 Å². The molecule has 0 bridgehead atoms. The predicted molar refractivity (Wildman–Crippen MR) is 148 cm³/mol. The minimum Gasteiger partial charge on any atom is -0.412 e. The Kier molecular flexibility index (Phi) is 12.7. The van der Waals surface area contributed by atoms with Crippen LogP contribution in [0.25, 0.3) is 0 Å². The lowest BCUT2D eigenvalue weighted by atomic mass is 9.90. The molecule has 0 amide bonds. The Morgan fingerprint density at radius 3 is 1.85 bits per heavy atom. The molecule has 2 atom stereocenters. The lowest BCUT2D eigenvalue weighted by Crippen LogP contribution is -2.55. The van der Waals surface area contributed by atoms with Crippen molar-refractivity contribution >= 4 is 16.6 Å². The van der Waals surface area contributed by atoms with Crippen molar-refractivity contribution in [1.29, 1.82) is 0 Å². The Morgan fingerprint density at radius 1 is 0.824 bits per heavy atom. The molecule has 1 aliphatic heterocycles. The molecule has 1 N–H and O–H groups in total. The van der Waals surface area contributed by atoms with Gasteiger partial charge in [0.05, 0.1) is 12.2 Å². The van der Waals surface area contributed by atoms with Crippen LogP contribution in [0.15, 0.2) is 0 Å². The molecule has 34 heavy (non-hydrogen) atoms. The van der Waals surface area contributed by atoms with Crippen molar-refractivity contribution in [2.24, 2.45) is 5.41 Å². The number of nitrogens with zero attached hydrogens (tertiary/aromatic N) is 1. The number of nitrogens with one attached hydrogen (secondary N) is 1. The molecule has 202 valence electrons. The first-order chi connectivity index (χ1) is 16.3. The van der Waals surface area contributed by atoms with Gasteiger partial charge in [0.25, 0.3) is 0 Å². The highest BCUT2D eigenvalue weighted by molar-refractivity contribution is 6.74. The Labute approximate surface area is 213 Å².